The highest BCUT2D eigenvalue weighted by Gasteiger charge is 2.17. The van der Waals surface area contributed by atoms with Crippen LogP contribution in [0.25, 0.3) is 0 Å². The van der Waals surface area contributed by atoms with Crippen molar-refractivity contribution in [3.63, 3.8) is 0 Å². The fourth-order valence-corrected chi connectivity index (χ4v) is 2.77. The first-order valence-electron chi connectivity index (χ1n) is 8.22. The number of carbonyl (C=O) groups is 1. The highest BCUT2D eigenvalue weighted by atomic mass is 35.5. The predicted octanol–water partition coefficient (Wildman–Crippen LogP) is 4.08. The van der Waals surface area contributed by atoms with Crippen LogP contribution in [0.15, 0.2) is 36.4 Å². The molecule has 6 heteroatoms. The van der Waals surface area contributed by atoms with Gasteiger partial charge in [-0.05, 0) is 49.2 Å². The van der Waals surface area contributed by atoms with Gasteiger partial charge in [0.1, 0.15) is 19.0 Å². The van der Waals surface area contributed by atoms with E-state index in [1.54, 1.807) is 37.3 Å². The van der Waals surface area contributed by atoms with Crippen LogP contribution in [0.4, 0.5) is 5.69 Å². The van der Waals surface area contributed by atoms with Crippen molar-refractivity contribution in [2.75, 3.05) is 18.5 Å². The molecule has 0 aliphatic carbocycles. The Kier molecular flexibility index (Phi) is 5.34. The van der Waals surface area contributed by atoms with E-state index in [9.17, 15) is 4.79 Å². The number of aryl methyl sites for hydroxylation is 1. The van der Waals surface area contributed by atoms with Crippen LogP contribution in [0.1, 0.15) is 19.4 Å². The molecular formula is C19H20ClNO4. The Labute approximate surface area is 151 Å². The number of hydrogen-bond donors (Lipinski definition) is 1. The molecule has 1 unspecified atom stereocenters. The Morgan fingerprint density at radius 3 is 2.72 bits per heavy atom. The fraction of sp³-hybridized carbons (Fsp3) is 0.316. The van der Waals surface area contributed by atoms with Crippen LogP contribution in [-0.4, -0.2) is 25.2 Å². The molecule has 1 atom stereocenters. The average molecular weight is 362 g/mol. The van der Waals surface area contributed by atoms with Crippen LogP contribution in [0.5, 0.6) is 17.2 Å². The molecule has 1 heterocycles. The molecule has 1 aliphatic rings. The van der Waals surface area contributed by atoms with Crippen LogP contribution < -0.4 is 19.5 Å². The fourth-order valence-electron chi connectivity index (χ4n) is 2.52. The van der Waals surface area contributed by atoms with Crippen molar-refractivity contribution in [1.29, 1.82) is 0 Å². The molecule has 5 nitrogen and oxygen atoms in total. The summed E-state index contributed by atoms with van der Waals surface area (Å²) < 4.78 is 16.7. The van der Waals surface area contributed by atoms with Gasteiger partial charge in [0, 0.05) is 16.8 Å². The van der Waals surface area contributed by atoms with Gasteiger partial charge >= 0.3 is 0 Å². The van der Waals surface area contributed by atoms with E-state index >= 15 is 0 Å². The summed E-state index contributed by atoms with van der Waals surface area (Å²) in [5, 5.41) is 3.52. The van der Waals surface area contributed by atoms with E-state index in [-0.39, 0.29) is 5.91 Å². The number of rotatable bonds is 5. The highest BCUT2D eigenvalue weighted by Crippen LogP contribution is 2.32. The monoisotopic (exact) mass is 361 g/mol. The van der Waals surface area contributed by atoms with Gasteiger partial charge in [-0.1, -0.05) is 18.5 Å². The third-order valence-corrected chi connectivity index (χ3v) is 4.26. The van der Waals surface area contributed by atoms with Crippen molar-refractivity contribution in [3.8, 4) is 17.2 Å². The van der Waals surface area contributed by atoms with E-state index in [1.165, 1.54) is 0 Å². The van der Waals surface area contributed by atoms with Gasteiger partial charge in [-0.2, -0.15) is 0 Å². The van der Waals surface area contributed by atoms with Crippen LogP contribution >= 0.6 is 11.6 Å². The molecule has 1 amide bonds. The van der Waals surface area contributed by atoms with Crippen molar-refractivity contribution in [1.82, 2.24) is 0 Å². The number of fused-ring (bicyclic) bond motifs is 1. The SMILES string of the molecule is CCc1cc(OC(C)C(=O)Nc2ccc3c(c2)OCCO3)ccc1Cl. The minimum atomic E-state index is -0.654. The number of amides is 1. The molecule has 0 saturated heterocycles. The average Bonchev–Trinajstić information content (AvgIpc) is 2.63. The van der Waals surface area contributed by atoms with E-state index in [1.807, 2.05) is 13.0 Å². The van der Waals surface area contributed by atoms with Gasteiger partial charge in [-0.3, -0.25) is 4.79 Å². The third kappa shape index (κ3) is 4.17. The summed E-state index contributed by atoms with van der Waals surface area (Å²) >= 11 is 6.10. The Morgan fingerprint density at radius 1 is 1.20 bits per heavy atom. The zero-order valence-corrected chi connectivity index (χ0v) is 14.9. The largest absolute Gasteiger partial charge is 0.486 e. The number of anilines is 1. The number of benzene rings is 2. The van der Waals surface area contributed by atoms with Crippen molar-refractivity contribution in [2.45, 2.75) is 26.4 Å². The first kappa shape index (κ1) is 17.4. The Morgan fingerprint density at radius 2 is 1.96 bits per heavy atom. The maximum Gasteiger partial charge on any atom is 0.265 e. The molecule has 0 bridgehead atoms. The second-order valence-electron chi connectivity index (χ2n) is 5.71. The zero-order valence-electron chi connectivity index (χ0n) is 14.2. The second-order valence-corrected chi connectivity index (χ2v) is 6.12. The molecule has 0 radical (unpaired) electrons. The summed E-state index contributed by atoms with van der Waals surface area (Å²) in [4.78, 5) is 12.4. The molecule has 25 heavy (non-hydrogen) atoms. The normalized spacial score (nSPS) is 13.9. The quantitative estimate of drug-likeness (QED) is 0.871. The van der Waals surface area contributed by atoms with Crippen molar-refractivity contribution in [2.24, 2.45) is 0 Å². The van der Waals surface area contributed by atoms with Gasteiger partial charge in [-0.15, -0.1) is 0 Å². The van der Waals surface area contributed by atoms with E-state index in [4.69, 9.17) is 25.8 Å². The molecule has 0 fully saturated rings. The molecular weight excluding hydrogens is 342 g/mol. The summed E-state index contributed by atoms with van der Waals surface area (Å²) in [6, 6.07) is 10.7. The van der Waals surface area contributed by atoms with Crippen LogP contribution in [0.2, 0.25) is 5.02 Å². The lowest BCUT2D eigenvalue weighted by molar-refractivity contribution is -0.122. The van der Waals surface area contributed by atoms with Crippen molar-refractivity contribution >= 4 is 23.2 Å². The molecule has 1 aliphatic heterocycles. The van der Waals surface area contributed by atoms with E-state index in [0.717, 1.165) is 12.0 Å². The lowest BCUT2D eigenvalue weighted by Gasteiger charge is -2.20. The Hall–Kier alpha value is -2.40. The topological polar surface area (TPSA) is 56.8 Å². The van der Waals surface area contributed by atoms with Crippen LogP contribution in [0, 0.1) is 0 Å². The predicted molar refractivity (Wildman–Crippen MR) is 97.0 cm³/mol. The molecule has 1 N–H and O–H groups in total. The molecule has 132 valence electrons. The summed E-state index contributed by atoms with van der Waals surface area (Å²) in [5.41, 5.74) is 1.62. The number of carbonyl (C=O) groups excluding carboxylic acids is 1. The zero-order chi connectivity index (χ0) is 17.8. The minimum Gasteiger partial charge on any atom is -0.486 e. The van der Waals surface area contributed by atoms with E-state index < -0.39 is 6.10 Å². The molecule has 3 rings (SSSR count). The lowest BCUT2D eigenvalue weighted by atomic mass is 10.1. The first-order valence-corrected chi connectivity index (χ1v) is 8.60. The molecule has 0 spiro atoms. The van der Waals surface area contributed by atoms with Gasteiger partial charge in [0.25, 0.3) is 5.91 Å². The summed E-state index contributed by atoms with van der Waals surface area (Å²) in [5.74, 6) is 1.68. The van der Waals surface area contributed by atoms with Crippen molar-refractivity contribution in [3.05, 3.63) is 47.0 Å². The van der Waals surface area contributed by atoms with Gasteiger partial charge in [0.05, 0.1) is 0 Å². The number of halogens is 1. The highest BCUT2D eigenvalue weighted by molar-refractivity contribution is 6.31. The third-order valence-electron chi connectivity index (χ3n) is 3.89. The number of hydrogen-bond acceptors (Lipinski definition) is 4. The smallest absolute Gasteiger partial charge is 0.265 e. The van der Waals surface area contributed by atoms with Crippen LogP contribution in [-0.2, 0) is 11.2 Å². The van der Waals surface area contributed by atoms with Gasteiger partial charge < -0.3 is 19.5 Å². The first-order chi connectivity index (χ1) is 12.1. The Balaban J connectivity index is 1.64. The number of ether oxygens (including phenoxy) is 3. The standard InChI is InChI=1S/C19H20ClNO4/c1-3-13-10-15(5-6-16(13)20)25-12(2)19(22)21-14-4-7-17-18(11-14)24-9-8-23-17/h4-7,10-12H,3,8-9H2,1-2H3,(H,21,22). The molecule has 0 aromatic heterocycles. The summed E-state index contributed by atoms with van der Waals surface area (Å²) in [6.45, 7) is 4.75. The van der Waals surface area contributed by atoms with Crippen LogP contribution in [0.3, 0.4) is 0 Å². The molecule has 0 saturated carbocycles. The molecule has 2 aromatic rings. The number of nitrogens with one attached hydrogen (secondary N) is 1. The van der Waals surface area contributed by atoms with Crippen molar-refractivity contribution < 1.29 is 19.0 Å². The summed E-state index contributed by atoms with van der Waals surface area (Å²) in [6.07, 6.45) is 0.146. The maximum atomic E-state index is 12.4. The van der Waals surface area contributed by atoms with Gasteiger partial charge in [0.15, 0.2) is 17.6 Å². The summed E-state index contributed by atoms with van der Waals surface area (Å²) in [7, 11) is 0. The minimum absolute atomic E-state index is 0.246. The van der Waals surface area contributed by atoms with E-state index in [2.05, 4.69) is 5.32 Å². The second kappa shape index (κ2) is 7.66. The van der Waals surface area contributed by atoms with Gasteiger partial charge in [0.2, 0.25) is 0 Å². The molecule has 2 aromatic carbocycles. The Bertz CT molecular complexity index is 778. The maximum absolute atomic E-state index is 12.4. The van der Waals surface area contributed by atoms with Gasteiger partial charge in [-0.25, -0.2) is 0 Å². The lowest BCUT2D eigenvalue weighted by Crippen LogP contribution is -2.30. The van der Waals surface area contributed by atoms with E-state index in [0.29, 0.717) is 41.2 Å².